The van der Waals surface area contributed by atoms with E-state index >= 15 is 0 Å². The number of aromatic nitrogens is 1. The van der Waals surface area contributed by atoms with Gasteiger partial charge in [0.2, 0.25) is 0 Å². The topological polar surface area (TPSA) is 57.4 Å². The molecule has 0 spiro atoms. The SMILES string of the molecule is [2H]c1[nH]c2ccc(C[C@@H]3NC(=O)OC3([2H])[2H])cc2c1CCN(C([2H])([2H])[2H])C([2H])([2H])[2H]. The highest BCUT2D eigenvalue weighted by Crippen LogP contribution is 2.21. The Hall–Kier alpha value is -2.01. The average molecular weight is 296 g/mol. The van der Waals surface area contributed by atoms with E-state index in [2.05, 4.69) is 15.0 Å². The molecule has 1 aromatic carbocycles. The maximum Gasteiger partial charge on any atom is 0.407 e. The predicted molar refractivity (Wildman–Crippen MR) is 82.5 cm³/mol. The van der Waals surface area contributed by atoms with E-state index in [-0.39, 0.29) is 25.6 Å². The number of cyclic esters (lactones) is 1. The Kier molecular flexibility index (Phi) is 1.88. The van der Waals surface area contributed by atoms with Gasteiger partial charge in [-0.1, -0.05) is 6.07 Å². The molecule has 1 aromatic heterocycles. The number of carbonyl (C=O) groups is 1. The van der Waals surface area contributed by atoms with Gasteiger partial charge in [-0.25, -0.2) is 4.79 Å². The number of ether oxygens (including phenoxy) is 1. The third-order valence-corrected chi connectivity index (χ3v) is 3.37. The summed E-state index contributed by atoms with van der Waals surface area (Å²) in [5.74, 6) is 0. The van der Waals surface area contributed by atoms with Crippen molar-refractivity contribution in [1.29, 1.82) is 0 Å². The molecule has 1 atom stereocenters. The number of likely N-dealkylation sites (N-methyl/N-ethyl adjacent to an activating group) is 1. The molecule has 21 heavy (non-hydrogen) atoms. The Morgan fingerprint density at radius 1 is 1.57 bits per heavy atom. The minimum absolute atomic E-state index is 0.0170. The molecule has 1 fully saturated rings. The van der Waals surface area contributed by atoms with E-state index in [1.807, 2.05) is 0 Å². The summed E-state index contributed by atoms with van der Waals surface area (Å²) in [5, 5.41) is 3.03. The van der Waals surface area contributed by atoms with Crippen molar-refractivity contribution in [2.75, 3.05) is 27.1 Å². The van der Waals surface area contributed by atoms with Gasteiger partial charge in [0.15, 0.2) is 0 Å². The van der Waals surface area contributed by atoms with Crippen molar-refractivity contribution >= 4 is 17.0 Å². The summed E-state index contributed by atoms with van der Waals surface area (Å²) in [6.45, 7) is -8.08. The molecular formula is C16H21N3O2. The van der Waals surface area contributed by atoms with Crippen molar-refractivity contribution in [2.45, 2.75) is 18.9 Å². The zero-order valence-electron chi connectivity index (χ0n) is 20.2. The van der Waals surface area contributed by atoms with Crippen LogP contribution in [0.15, 0.2) is 24.4 Å². The van der Waals surface area contributed by atoms with E-state index in [1.54, 1.807) is 18.2 Å². The van der Waals surface area contributed by atoms with Crippen molar-refractivity contribution in [3.63, 3.8) is 0 Å². The fourth-order valence-corrected chi connectivity index (χ4v) is 2.36. The third-order valence-electron chi connectivity index (χ3n) is 3.37. The second-order valence-corrected chi connectivity index (χ2v) is 4.92. The van der Waals surface area contributed by atoms with Gasteiger partial charge in [-0.05, 0) is 50.1 Å². The monoisotopic (exact) mass is 296 g/mol. The van der Waals surface area contributed by atoms with Gasteiger partial charge in [0, 0.05) is 31.8 Å². The van der Waals surface area contributed by atoms with Crippen molar-refractivity contribution in [2.24, 2.45) is 0 Å². The van der Waals surface area contributed by atoms with Crippen LogP contribution in [0.5, 0.6) is 0 Å². The molecule has 2 aromatic rings. The normalized spacial score (nSPS) is 28.1. The minimum atomic E-state index is -2.81. The molecule has 5 nitrogen and oxygen atoms in total. The van der Waals surface area contributed by atoms with Crippen molar-refractivity contribution in [3.8, 4) is 0 Å². The molecule has 2 N–H and O–H groups in total. The van der Waals surface area contributed by atoms with Crippen LogP contribution in [0.1, 0.15) is 23.5 Å². The Balaban J connectivity index is 1.86. The molecule has 1 aliphatic heterocycles. The van der Waals surface area contributed by atoms with Gasteiger partial charge in [-0.2, -0.15) is 0 Å². The molecule has 3 rings (SSSR count). The minimum Gasteiger partial charge on any atom is -0.447 e. The van der Waals surface area contributed by atoms with Crippen LogP contribution in [0, 0.1) is 0 Å². The number of fused-ring (bicyclic) bond motifs is 1. The predicted octanol–water partition coefficient (Wildman–Crippen LogP) is 1.92. The third kappa shape index (κ3) is 3.19. The summed E-state index contributed by atoms with van der Waals surface area (Å²) in [7, 11) is 0. The molecule has 0 saturated carbocycles. The average Bonchev–Trinajstić information content (AvgIpc) is 3.00. The van der Waals surface area contributed by atoms with Crippen molar-refractivity contribution in [3.05, 3.63) is 35.5 Å². The van der Waals surface area contributed by atoms with Crippen LogP contribution in [0.25, 0.3) is 10.9 Å². The van der Waals surface area contributed by atoms with Gasteiger partial charge in [0.1, 0.15) is 6.56 Å². The van der Waals surface area contributed by atoms with E-state index in [1.165, 1.54) is 0 Å². The highest BCUT2D eigenvalue weighted by Gasteiger charge is 2.22. The molecule has 0 bridgehead atoms. The summed E-state index contributed by atoms with van der Waals surface area (Å²) in [5.41, 5.74) is 1.74. The second-order valence-electron chi connectivity index (χ2n) is 4.92. The zero-order valence-corrected chi connectivity index (χ0v) is 11.2. The molecule has 1 amide bonds. The number of aromatic amines is 1. The maximum absolute atomic E-state index is 11.3. The van der Waals surface area contributed by atoms with Gasteiger partial charge in [-0.15, -0.1) is 0 Å². The fraction of sp³-hybridized carbons (Fsp3) is 0.438. The number of benzene rings is 1. The van der Waals surface area contributed by atoms with Crippen LogP contribution in [0.3, 0.4) is 0 Å². The summed E-state index contributed by atoms with van der Waals surface area (Å²) in [6, 6.07) is 4.25. The van der Waals surface area contributed by atoms with Crippen LogP contribution in [0.4, 0.5) is 4.79 Å². The number of hydrogen-bond acceptors (Lipinski definition) is 3. The van der Waals surface area contributed by atoms with E-state index in [0.29, 0.717) is 26.9 Å². The number of carbonyl (C=O) groups excluding carboxylic acids is 1. The first-order chi connectivity index (χ1) is 13.7. The van der Waals surface area contributed by atoms with Crippen LogP contribution >= 0.6 is 0 Å². The summed E-state index contributed by atoms with van der Waals surface area (Å²) < 4.78 is 73.1. The zero-order chi connectivity index (χ0) is 22.5. The molecule has 5 heteroatoms. The Morgan fingerprint density at radius 2 is 2.48 bits per heavy atom. The maximum atomic E-state index is 11.3. The molecule has 112 valence electrons. The molecular weight excluding hydrogens is 266 g/mol. The van der Waals surface area contributed by atoms with Gasteiger partial charge < -0.3 is 19.9 Å². The Bertz CT molecular complexity index is 938. The van der Waals surface area contributed by atoms with Gasteiger partial charge in [-0.3, -0.25) is 0 Å². The quantitative estimate of drug-likeness (QED) is 0.886. The summed E-state index contributed by atoms with van der Waals surface area (Å²) in [4.78, 5) is 14.7. The second kappa shape index (κ2) is 5.77. The molecule has 2 heterocycles. The number of amides is 1. The number of nitrogens with zero attached hydrogens (tertiary/aromatic N) is 1. The fourth-order valence-electron chi connectivity index (χ4n) is 2.36. The molecule has 1 saturated heterocycles. The lowest BCUT2D eigenvalue weighted by Crippen LogP contribution is -2.28. The Morgan fingerprint density at radius 3 is 3.24 bits per heavy atom. The van der Waals surface area contributed by atoms with Gasteiger partial charge >= 0.3 is 6.09 Å². The van der Waals surface area contributed by atoms with E-state index < -0.39 is 32.6 Å². The molecule has 0 unspecified atom stereocenters. The lowest BCUT2D eigenvalue weighted by molar-refractivity contribution is 0.177. The van der Waals surface area contributed by atoms with Crippen molar-refractivity contribution < 1.29 is 21.9 Å². The summed E-state index contributed by atoms with van der Waals surface area (Å²) in [6.07, 6.45) is -0.630. The van der Waals surface area contributed by atoms with Gasteiger partial charge in [0.25, 0.3) is 0 Å². The summed E-state index contributed by atoms with van der Waals surface area (Å²) >= 11 is 0. The standard InChI is InChI=1S/C16H21N3O2/c1-19(2)6-5-12-9-17-15-4-3-11(8-14(12)15)7-13-10-21-16(20)18-13/h3-4,8-9,13,17H,5-7,10H2,1-2H3,(H,18,20)/t13-/m0/s1/i1D3,2D3,9D,10D2. The van der Waals surface area contributed by atoms with Crippen molar-refractivity contribution in [1.82, 2.24) is 15.2 Å². The Labute approximate surface area is 136 Å². The first-order valence-corrected chi connectivity index (χ1v) is 6.56. The first kappa shape index (κ1) is 6.83. The highest BCUT2D eigenvalue weighted by molar-refractivity contribution is 5.84. The molecule has 0 radical (unpaired) electrons. The van der Waals surface area contributed by atoms with Crippen LogP contribution in [-0.2, 0) is 17.6 Å². The van der Waals surface area contributed by atoms with Crippen LogP contribution in [0.2, 0.25) is 0 Å². The first-order valence-electron chi connectivity index (χ1n) is 11.1. The van der Waals surface area contributed by atoms with E-state index in [0.717, 1.165) is 0 Å². The number of alkyl carbamates (subject to hydrolysis) is 1. The lowest BCUT2D eigenvalue weighted by Gasteiger charge is -2.09. The number of rotatable bonds is 5. The number of nitrogens with one attached hydrogen (secondary N) is 2. The molecule has 1 aliphatic rings. The van der Waals surface area contributed by atoms with E-state index in [4.69, 9.17) is 12.3 Å². The van der Waals surface area contributed by atoms with E-state index in [9.17, 15) is 4.79 Å². The van der Waals surface area contributed by atoms with Crippen LogP contribution < -0.4 is 5.32 Å². The molecule has 0 aliphatic carbocycles. The number of hydrogen-bond donors (Lipinski definition) is 2. The smallest absolute Gasteiger partial charge is 0.407 e. The van der Waals surface area contributed by atoms with Gasteiger partial charge in [0.05, 0.1) is 10.2 Å². The lowest BCUT2D eigenvalue weighted by atomic mass is 10.0. The largest absolute Gasteiger partial charge is 0.447 e. The highest BCUT2D eigenvalue weighted by atomic mass is 16.6. The van der Waals surface area contributed by atoms with Crippen LogP contribution in [-0.4, -0.2) is 49.1 Å². The number of H-pyrrole nitrogens is 1.